The Morgan fingerprint density at radius 1 is 1.07 bits per heavy atom. The predicted octanol–water partition coefficient (Wildman–Crippen LogP) is 2.06. The Bertz CT molecular complexity index is 930. The number of hydrazine groups is 1. The number of nitro groups is 1. The number of nitrogens with one attached hydrogen (secondary N) is 2. The Morgan fingerprint density at radius 3 is 2.32 bits per heavy atom. The van der Waals surface area contributed by atoms with E-state index in [1.54, 1.807) is 24.3 Å². The van der Waals surface area contributed by atoms with Gasteiger partial charge in [-0.05, 0) is 36.4 Å². The molecular weight excluding hydrogens is 388 g/mol. The fraction of sp³-hybridized carbons (Fsp3) is 0.167. The molecule has 1 aliphatic heterocycles. The van der Waals surface area contributed by atoms with E-state index in [4.69, 9.17) is 11.6 Å². The molecule has 1 saturated heterocycles. The molecule has 1 atom stereocenters. The van der Waals surface area contributed by atoms with Crippen molar-refractivity contribution in [1.82, 2.24) is 10.9 Å². The van der Waals surface area contributed by atoms with Crippen molar-refractivity contribution in [3.63, 3.8) is 0 Å². The monoisotopic (exact) mass is 402 g/mol. The molecule has 10 heteroatoms. The zero-order chi connectivity index (χ0) is 20.3. The minimum absolute atomic E-state index is 0.0157. The molecule has 2 aromatic carbocycles. The van der Waals surface area contributed by atoms with Crippen molar-refractivity contribution in [3.8, 4) is 0 Å². The van der Waals surface area contributed by atoms with Crippen LogP contribution in [0.2, 0.25) is 5.02 Å². The van der Waals surface area contributed by atoms with Gasteiger partial charge in [-0.2, -0.15) is 0 Å². The first-order valence-corrected chi connectivity index (χ1v) is 8.63. The number of non-ortho nitro benzene ring substituents is 1. The van der Waals surface area contributed by atoms with Crippen LogP contribution in [-0.4, -0.2) is 29.2 Å². The molecule has 1 fully saturated rings. The molecule has 1 aliphatic rings. The molecule has 0 aliphatic carbocycles. The van der Waals surface area contributed by atoms with Gasteiger partial charge >= 0.3 is 0 Å². The maximum Gasteiger partial charge on any atom is 0.269 e. The van der Waals surface area contributed by atoms with E-state index in [0.29, 0.717) is 10.7 Å². The number of carbonyl (C=O) groups is 3. The molecule has 9 nitrogen and oxygen atoms in total. The third kappa shape index (κ3) is 4.26. The molecular formula is C18H15ClN4O5. The van der Waals surface area contributed by atoms with E-state index in [1.165, 1.54) is 29.2 Å². The number of benzene rings is 2. The summed E-state index contributed by atoms with van der Waals surface area (Å²) in [6.07, 6.45) is 0.0157. The number of hydrogen-bond donors (Lipinski definition) is 2. The van der Waals surface area contributed by atoms with Crippen LogP contribution in [0.3, 0.4) is 0 Å². The minimum Gasteiger partial charge on any atom is -0.312 e. The molecule has 0 radical (unpaired) electrons. The molecule has 3 amide bonds. The summed E-state index contributed by atoms with van der Waals surface area (Å²) >= 11 is 5.84. The first kappa shape index (κ1) is 19.3. The van der Waals surface area contributed by atoms with Crippen LogP contribution in [0.1, 0.15) is 16.8 Å². The highest BCUT2D eigenvalue weighted by Crippen LogP contribution is 2.26. The van der Waals surface area contributed by atoms with E-state index in [1.807, 2.05) is 0 Å². The van der Waals surface area contributed by atoms with Gasteiger partial charge in [0, 0.05) is 41.4 Å². The number of rotatable bonds is 4. The van der Waals surface area contributed by atoms with Crippen molar-refractivity contribution in [3.05, 3.63) is 69.2 Å². The topological polar surface area (TPSA) is 122 Å². The Morgan fingerprint density at radius 2 is 1.71 bits per heavy atom. The maximum atomic E-state index is 12.3. The Labute approximate surface area is 164 Å². The summed E-state index contributed by atoms with van der Waals surface area (Å²) in [7, 11) is 0. The van der Waals surface area contributed by atoms with Crippen LogP contribution in [0.25, 0.3) is 0 Å². The second-order valence-corrected chi connectivity index (χ2v) is 6.57. The summed E-state index contributed by atoms with van der Waals surface area (Å²) in [4.78, 5) is 48.1. The Hall–Kier alpha value is -3.46. The normalized spacial score (nSPS) is 16.0. The van der Waals surface area contributed by atoms with Gasteiger partial charge in [-0.25, -0.2) is 0 Å². The van der Waals surface area contributed by atoms with E-state index in [2.05, 4.69) is 10.9 Å². The van der Waals surface area contributed by atoms with Gasteiger partial charge < -0.3 is 4.90 Å². The summed E-state index contributed by atoms with van der Waals surface area (Å²) in [6, 6.07) is 11.6. The lowest BCUT2D eigenvalue weighted by molar-refractivity contribution is -0.384. The second-order valence-electron chi connectivity index (χ2n) is 6.13. The average Bonchev–Trinajstić information content (AvgIpc) is 3.08. The first-order chi connectivity index (χ1) is 13.3. The third-order valence-electron chi connectivity index (χ3n) is 4.27. The van der Waals surface area contributed by atoms with E-state index >= 15 is 0 Å². The number of halogens is 1. The molecule has 1 heterocycles. The summed E-state index contributed by atoms with van der Waals surface area (Å²) in [5.41, 5.74) is 5.18. The van der Waals surface area contributed by atoms with Crippen molar-refractivity contribution in [2.24, 2.45) is 5.92 Å². The standard InChI is InChI=1S/C18H15ClN4O5/c19-13-3-7-14(8-4-13)22-10-12(9-16(22)24)18(26)21-20-17(25)11-1-5-15(6-2-11)23(27)28/h1-8,12H,9-10H2,(H,20,25)(H,21,26)/t12-/m1/s1. The average molecular weight is 403 g/mol. The van der Waals surface area contributed by atoms with Crippen molar-refractivity contribution in [2.75, 3.05) is 11.4 Å². The molecule has 0 unspecified atom stereocenters. The van der Waals surface area contributed by atoms with Crippen molar-refractivity contribution >= 4 is 40.7 Å². The number of nitro benzene ring substituents is 1. The molecule has 2 N–H and O–H groups in total. The summed E-state index contributed by atoms with van der Waals surface area (Å²) in [6.45, 7) is 0.180. The summed E-state index contributed by atoms with van der Waals surface area (Å²) in [5, 5.41) is 11.2. The van der Waals surface area contributed by atoms with Crippen LogP contribution < -0.4 is 15.8 Å². The lowest BCUT2D eigenvalue weighted by Gasteiger charge is -2.17. The predicted molar refractivity (Wildman–Crippen MR) is 101 cm³/mol. The number of carbonyl (C=O) groups excluding carboxylic acids is 3. The number of nitrogens with zero attached hydrogens (tertiary/aromatic N) is 2. The Kier molecular flexibility index (Phi) is 5.55. The molecule has 28 heavy (non-hydrogen) atoms. The fourth-order valence-electron chi connectivity index (χ4n) is 2.78. The van der Waals surface area contributed by atoms with Gasteiger partial charge in [-0.3, -0.25) is 35.3 Å². The van der Waals surface area contributed by atoms with Gasteiger partial charge in [0.2, 0.25) is 11.8 Å². The molecule has 3 rings (SSSR count). The van der Waals surface area contributed by atoms with Crippen LogP contribution in [0.15, 0.2) is 48.5 Å². The highest BCUT2D eigenvalue weighted by atomic mass is 35.5. The van der Waals surface area contributed by atoms with Gasteiger partial charge in [0.25, 0.3) is 11.6 Å². The van der Waals surface area contributed by atoms with Crippen LogP contribution in [0.5, 0.6) is 0 Å². The van der Waals surface area contributed by atoms with Crippen molar-refractivity contribution in [1.29, 1.82) is 0 Å². The largest absolute Gasteiger partial charge is 0.312 e. The van der Waals surface area contributed by atoms with E-state index < -0.39 is 22.7 Å². The molecule has 0 aromatic heterocycles. The van der Waals surface area contributed by atoms with Gasteiger partial charge in [0.15, 0.2) is 0 Å². The highest BCUT2D eigenvalue weighted by molar-refractivity contribution is 6.30. The zero-order valence-electron chi connectivity index (χ0n) is 14.4. The maximum absolute atomic E-state index is 12.3. The molecule has 2 aromatic rings. The smallest absolute Gasteiger partial charge is 0.269 e. The van der Waals surface area contributed by atoms with Gasteiger partial charge in [0.1, 0.15) is 0 Å². The summed E-state index contributed by atoms with van der Waals surface area (Å²) in [5.74, 6) is -1.95. The van der Waals surface area contributed by atoms with E-state index in [0.717, 1.165) is 0 Å². The zero-order valence-corrected chi connectivity index (χ0v) is 15.2. The highest BCUT2D eigenvalue weighted by Gasteiger charge is 2.35. The van der Waals surface area contributed by atoms with E-state index in [9.17, 15) is 24.5 Å². The number of amides is 3. The van der Waals surface area contributed by atoms with Crippen LogP contribution in [0.4, 0.5) is 11.4 Å². The number of anilines is 1. The molecule has 0 saturated carbocycles. The van der Waals surface area contributed by atoms with Crippen molar-refractivity contribution in [2.45, 2.75) is 6.42 Å². The lowest BCUT2D eigenvalue weighted by atomic mass is 10.1. The SMILES string of the molecule is O=C(NNC(=O)[C@@H]1CC(=O)N(c2ccc(Cl)cc2)C1)c1ccc([N+](=O)[O-])cc1. The van der Waals surface area contributed by atoms with Crippen LogP contribution >= 0.6 is 11.6 Å². The Balaban J connectivity index is 1.56. The van der Waals surface area contributed by atoms with Crippen molar-refractivity contribution < 1.29 is 19.3 Å². The first-order valence-electron chi connectivity index (χ1n) is 8.26. The quantitative estimate of drug-likeness (QED) is 0.598. The van der Waals surface area contributed by atoms with Gasteiger partial charge in [0.05, 0.1) is 10.8 Å². The second kappa shape index (κ2) is 8.05. The fourth-order valence-corrected chi connectivity index (χ4v) is 2.91. The van der Waals surface area contributed by atoms with E-state index in [-0.39, 0.29) is 30.1 Å². The van der Waals surface area contributed by atoms with Crippen LogP contribution in [0, 0.1) is 16.0 Å². The van der Waals surface area contributed by atoms with Gasteiger partial charge in [-0.1, -0.05) is 11.6 Å². The lowest BCUT2D eigenvalue weighted by Crippen LogP contribution is -2.45. The van der Waals surface area contributed by atoms with Crippen LogP contribution in [-0.2, 0) is 9.59 Å². The minimum atomic E-state index is -0.625. The third-order valence-corrected chi connectivity index (χ3v) is 4.53. The molecule has 144 valence electrons. The van der Waals surface area contributed by atoms with Gasteiger partial charge in [-0.15, -0.1) is 0 Å². The number of hydrogen-bond acceptors (Lipinski definition) is 5. The molecule has 0 bridgehead atoms. The summed E-state index contributed by atoms with van der Waals surface area (Å²) < 4.78 is 0. The molecule has 0 spiro atoms.